The van der Waals surface area contributed by atoms with Gasteiger partial charge in [0.2, 0.25) is 5.89 Å². The number of hydrogen-bond acceptors (Lipinski definition) is 4. The van der Waals surface area contributed by atoms with Gasteiger partial charge >= 0.3 is 0 Å². The number of nitrogens with zero attached hydrogens (tertiary/aromatic N) is 2. The third-order valence-corrected chi connectivity index (χ3v) is 3.05. The van der Waals surface area contributed by atoms with E-state index in [2.05, 4.69) is 4.98 Å². The van der Waals surface area contributed by atoms with Gasteiger partial charge in [-0.25, -0.2) is 9.37 Å². The molecule has 0 atom stereocenters. The minimum absolute atomic E-state index is 0.0421. The Bertz CT molecular complexity index is 625. The normalized spacial score (nSPS) is 10.7. The van der Waals surface area contributed by atoms with Crippen LogP contribution in [0.5, 0.6) is 5.75 Å². The molecule has 6 heteroatoms. The Morgan fingerprint density at radius 1 is 1.43 bits per heavy atom. The maximum atomic E-state index is 13.4. The van der Waals surface area contributed by atoms with Crippen LogP contribution < -0.4 is 4.74 Å². The summed E-state index contributed by atoms with van der Waals surface area (Å²) in [6.07, 6.45) is 1.28. The molecule has 1 aromatic heterocycles. The Kier molecular flexibility index (Phi) is 4.57. The number of carbonyl (C=O) groups is 1. The van der Waals surface area contributed by atoms with Crippen molar-refractivity contribution in [2.45, 2.75) is 26.5 Å². The molecule has 0 aliphatic rings. The van der Waals surface area contributed by atoms with Crippen LogP contribution in [0.15, 0.2) is 34.9 Å². The molecule has 21 heavy (non-hydrogen) atoms. The van der Waals surface area contributed by atoms with Crippen molar-refractivity contribution in [3.8, 4) is 5.75 Å². The van der Waals surface area contributed by atoms with Crippen molar-refractivity contribution in [3.63, 3.8) is 0 Å². The predicted molar refractivity (Wildman–Crippen MR) is 74.5 cm³/mol. The highest BCUT2D eigenvalue weighted by Gasteiger charge is 2.18. The predicted octanol–water partition coefficient (Wildman–Crippen LogP) is 2.87. The maximum Gasteiger partial charge on any atom is 0.275 e. The van der Waals surface area contributed by atoms with Gasteiger partial charge in [-0.2, -0.15) is 0 Å². The van der Waals surface area contributed by atoms with Crippen molar-refractivity contribution in [2.75, 3.05) is 7.05 Å². The molecule has 0 aliphatic heterocycles. The quantitative estimate of drug-likeness (QED) is 0.850. The van der Waals surface area contributed by atoms with Gasteiger partial charge in [0.1, 0.15) is 6.26 Å². The summed E-state index contributed by atoms with van der Waals surface area (Å²) in [7, 11) is 1.69. The van der Waals surface area contributed by atoms with E-state index in [4.69, 9.17) is 9.15 Å². The van der Waals surface area contributed by atoms with Crippen LogP contribution in [0.2, 0.25) is 0 Å². The van der Waals surface area contributed by atoms with E-state index in [0.717, 1.165) is 0 Å². The lowest BCUT2D eigenvalue weighted by molar-refractivity contribution is 0.0749. The minimum Gasteiger partial charge on any atom is -0.481 e. The Morgan fingerprint density at radius 2 is 2.14 bits per heavy atom. The van der Waals surface area contributed by atoms with E-state index in [1.165, 1.54) is 18.4 Å². The van der Waals surface area contributed by atoms with E-state index in [1.807, 2.05) is 13.8 Å². The summed E-state index contributed by atoms with van der Waals surface area (Å²) < 4.78 is 23.8. The molecule has 0 radical (unpaired) electrons. The molecule has 0 N–H and O–H groups in total. The molecule has 1 heterocycles. The molecular formula is C15H17FN2O3. The highest BCUT2D eigenvalue weighted by atomic mass is 19.1. The van der Waals surface area contributed by atoms with Gasteiger partial charge in [-0.15, -0.1) is 0 Å². The van der Waals surface area contributed by atoms with Crippen molar-refractivity contribution < 1.29 is 18.3 Å². The summed E-state index contributed by atoms with van der Waals surface area (Å²) in [5, 5.41) is 0. The number of benzene rings is 1. The number of hydrogen-bond donors (Lipinski definition) is 0. The fourth-order valence-corrected chi connectivity index (χ4v) is 1.59. The topological polar surface area (TPSA) is 55.6 Å². The molecule has 1 amide bonds. The SMILES string of the molecule is CC(C)N(C)C(=O)c1coc(COc2ccccc2F)n1. The van der Waals surface area contributed by atoms with E-state index in [9.17, 15) is 9.18 Å². The second kappa shape index (κ2) is 6.39. The van der Waals surface area contributed by atoms with Gasteiger partial charge < -0.3 is 14.1 Å². The smallest absolute Gasteiger partial charge is 0.275 e. The van der Waals surface area contributed by atoms with E-state index in [1.54, 1.807) is 24.1 Å². The lowest BCUT2D eigenvalue weighted by Gasteiger charge is -2.19. The molecule has 0 unspecified atom stereocenters. The summed E-state index contributed by atoms with van der Waals surface area (Å²) in [6.45, 7) is 3.76. The minimum atomic E-state index is -0.458. The lowest BCUT2D eigenvalue weighted by Crippen LogP contribution is -2.33. The van der Waals surface area contributed by atoms with Gasteiger partial charge in [0.05, 0.1) is 0 Å². The van der Waals surface area contributed by atoms with Crippen LogP contribution in [0.1, 0.15) is 30.2 Å². The fraction of sp³-hybridized carbons (Fsp3) is 0.333. The first-order valence-electron chi connectivity index (χ1n) is 6.58. The van der Waals surface area contributed by atoms with Crippen molar-refractivity contribution in [3.05, 3.63) is 47.9 Å². The van der Waals surface area contributed by atoms with Crippen molar-refractivity contribution in [2.24, 2.45) is 0 Å². The molecule has 0 saturated heterocycles. The number of ether oxygens (including phenoxy) is 1. The highest BCUT2D eigenvalue weighted by molar-refractivity contribution is 5.91. The summed E-state index contributed by atoms with van der Waals surface area (Å²) in [4.78, 5) is 17.6. The molecule has 0 saturated carbocycles. The molecule has 0 aliphatic carbocycles. The van der Waals surface area contributed by atoms with Crippen molar-refractivity contribution in [1.82, 2.24) is 9.88 Å². The van der Waals surface area contributed by atoms with Gasteiger partial charge in [0.25, 0.3) is 5.91 Å². The largest absolute Gasteiger partial charge is 0.481 e. The summed E-state index contributed by atoms with van der Waals surface area (Å²) in [5.74, 6) is -0.354. The Balaban J connectivity index is 2.01. The third-order valence-electron chi connectivity index (χ3n) is 3.05. The number of aromatic nitrogens is 1. The number of para-hydroxylation sites is 1. The number of halogens is 1. The van der Waals surface area contributed by atoms with Crippen LogP contribution in [0.25, 0.3) is 0 Å². The van der Waals surface area contributed by atoms with Gasteiger partial charge in [-0.05, 0) is 26.0 Å². The van der Waals surface area contributed by atoms with Crippen LogP contribution in [0, 0.1) is 5.82 Å². The van der Waals surface area contributed by atoms with Crippen LogP contribution in [0.3, 0.4) is 0 Å². The summed E-state index contributed by atoms with van der Waals surface area (Å²) in [5.41, 5.74) is 0.207. The fourth-order valence-electron chi connectivity index (χ4n) is 1.59. The van der Waals surface area contributed by atoms with Gasteiger partial charge in [0, 0.05) is 13.1 Å². The molecule has 5 nitrogen and oxygen atoms in total. The lowest BCUT2D eigenvalue weighted by atomic mass is 10.3. The van der Waals surface area contributed by atoms with Crippen LogP contribution >= 0.6 is 0 Å². The zero-order valence-corrected chi connectivity index (χ0v) is 12.2. The van der Waals surface area contributed by atoms with E-state index in [-0.39, 0.29) is 35.9 Å². The molecular weight excluding hydrogens is 275 g/mol. The molecule has 0 fully saturated rings. The van der Waals surface area contributed by atoms with E-state index in [0.29, 0.717) is 0 Å². The monoisotopic (exact) mass is 292 g/mol. The van der Waals surface area contributed by atoms with Crippen molar-refractivity contribution in [1.29, 1.82) is 0 Å². The van der Waals surface area contributed by atoms with Gasteiger partial charge in [-0.3, -0.25) is 4.79 Å². The molecule has 2 aromatic rings. The van der Waals surface area contributed by atoms with Gasteiger partial charge in [-0.1, -0.05) is 12.1 Å². The van der Waals surface area contributed by atoms with E-state index >= 15 is 0 Å². The highest BCUT2D eigenvalue weighted by Crippen LogP contribution is 2.17. The first kappa shape index (κ1) is 15.0. The second-order valence-corrected chi connectivity index (χ2v) is 4.86. The summed E-state index contributed by atoms with van der Waals surface area (Å²) in [6, 6.07) is 6.12. The first-order chi connectivity index (χ1) is 9.99. The van der Waals surface area contributed by atoms with Crippen LogP contribution in [0.4, 0.5) is 4.39 Å². The van der Waals surface area contributed by atoms with E-state index < -0.39 is 5.82 Å². The molecule has 0 bridgehead atoms. The average molecular weight is 292 g/mol. The standard InChI is InChI=1S/C15H17FN2O3/c1-10(2)18(3)15(19)12-8-21-14(17-12)9-20-13-7-5-4-6-11(13)16/h4-8,10H,9H2,1-3H3. The van der Waals surface area contributed by atoms with Gasteiger partial charge in [0.15, 0.2) is 23.9 Å². The third kappa shape index (κ3) is 3.59. The molecule has 112 valence electrons. The molecule has 2 rings (SSSR count). The second-order valence-electron chi connectivity index (χ2n) is 4.86. The van der Waals surface area contributed by atoms with Crippen LogP contribution in [-0.4, -0.2) is 28.9 Å². The Hall–Kier alpha value is -2.37. The molecule has 0 spiro atoms. The zero-order valence-electron chi connectivity index (χ0n) is 12.2. The number of carbonyl (C=O) groups excluding carboxylic acids is 1. The summed E-state index contributed by atoms with van der Waals surface area (Å²) >= 11 is 0. The van der Waals surface area contributed by atoms with Crippen LogP contribution in [-0.2, 0) is 6.61 Å². The number of amides is 1. The Labute approximate surface area is 122 Å². The molecule has 1 aromatic carbocycles. The zero-order chi connectivity index (χ0) is 15.4. The average Bonchev–Trinajstić information content (AvgIpc) is 2.93. The van der Waals surface area contributed by atoms with Crippen molar-refractivity contribution >= 4 is 5.91 Å². The number of oxazole rings is 1. The maximum absolute atomic E-state index is 13.4. The first-order valence-corrected chi connectivity index (χ1v) is 6.58. The number of rotatable bonds is 5. The Morgan fingerprint density at radius 3 is 2.81 bits per heavy atom.